The van der Waals surface area contributed by atoms with Crippen LogP contribution in [0, 0.1) is 0 Å². The number of benzene rings is 2. The van der Waals surface area contributed by atoms with Crippen LogP contribution in [0.2, 0.25) is 0 Å². The highest BCUT2D eigenvalue weighted by atomic mass is 32.2. The molecule has 0 spiro atoms. The summed E-state index contributed by atoms with van der Waals surface area (Å²) in [7, 11) is -7.15. The Kier molecular flexibility index (Phi) is 6.27. The number of carbonyl (C=O) groups is 2. The van der Waals surface area contributed by atoms with E-state index in [2.05, 4.69) is 5.32 Å². The van der Waals surface area contributed by atoms with E-state index in [0.717, 1.165) is 0 Å². The number of esters is 1. The molecule has 0 aliphatic carbocycles. The molecule has 1 amide bonds. The molecule has 1 N–H and O–H groups in total. The molecule has 0 bridgehead atoms. The van der Waals surface area contributed by atoms with Crippen LogP contribution in [0.3, 0.4) is 0 Å². The van der Waals surface area contributed by atoms with E-state index in [1.165, 1.54) is 30.3 Å². The summed E-state index contributed by atoms with van der Waals surface area (Å²) in [4.78, 5) is 24.6. The van der Waals surface area contributed by atoms with E-state index in [1.54, 1.807) is 25.1 Å². The molecule has 1 aliphatic heterocycles. The second kappa shape index (κ2) is 8.57. The van der Waals surface area contributed by atoms with Crippen molar-refractivity contribution in [2.75, 3.05) is 23.4 Å². The van der Waals surface area contributed by atoms with Crippen molar-refractivity contribution in [3.63, 3.8) is 0 Å². The van der Waals surface area contributed by atoms with E-state index in [4.69, 9.17) is 4.74 Å². The normalized spacial score (nSPS) is 18.0. The lowest BCUT2D eigenvalue weighted by molar-refractivity contribution is 0.0527. The van der Waals surface area contributed by atoms with Crippen molar-refractivity contribution in [2.24, 2.45) is 0 Å². The third kappa shape index (κ3) is 4.71. The van der Waals surface area contributed by atoms with Crippen molar-refractivity contribution in [2.45, 2.75) is 23.5 Å². The zero-order valence-electron chi connectivity index (χ0n) is 16.2. The average molecular weight is 452 g/mol. The van der Waals surface area contributed by atoms with E-state index < -0.39 is 36.8 Å². The SMILES string of the molecule is CCOC(=O)c1ccccc1NC(=O)c1ccc(S(=O)(=O)C2CCS(=O)(=O)C2)cc1. The molecule has 30 heavy (non-hydrogen) atoms. The molecule has 2 aromatic carbocycles. The highest BCUT2D eigenvalue weighted by Gasteiger charge is 2.38. The van der Waals surface area contributed by atoms with Crippen LogP contribution in [0.4, 0.5) is 5.69 Å². The minimum Gasteiger partial charge on any atom is -0.462 e. The summed E-state index contributed by atoms with van der Waals surface area (Å²) in [6.07, 6.45) is 0.0670. The molecule has 1 atom stereocenters. The van der Waals surface area contributed by atoms with E-state index in [-0.39, 0.29) is 46.2 Å². The molecular formula is C20H21NO7S2. The quantitative estimate of drug-likeness (QED) is 0.667. The maximum atomic E-state index is 12.7. The number of ether oxygens (including phenoxy) is 1. The standard InChI is InChI=1S/C20H21NO7S2/c1-2-28-20(23)17-5-3-4-6-18(17)21-19(22)14-7-9-15(10-8-14)30(26,27)16-11-12-29(24,25)13-16/h3-10,16H,2,11-13H2,1H3,(H,21,22). The first-order chi connectivity index (χ1) is 14.1. The van der Waals surface area contributed by atoms with Gasteiger partial charge in [-0.2, -0.15) is 0 Å². The summed E-state index contributed by atoms with van der Waals surface area (Å²) in [6.45, 7) is 1.87. The Morgan fingerprint density at radius 1 is 1.10 bits per heavy atom. The minimum absolute atomic E-state index is 0.0342. The smallest absolute Gasteiger partial charge is 0.340 e. The number of hydrogen-bond donors (Lipinski definition) is 1. The van der Waals surface area contributed by atoms with Crippen molar-refractivity contribution in [1.29, 1.82) is 0 Å². The molecule has 0 saturated carbocycles. The van der Waals surface area contributed by atoms with Gasteiger partial charge in [0.05, 0.1) is 39.5 Å². The van der Waals surface area contributed by atoms with Crippen molar-refractivity contribution in [3.8, 4) is 0 Å². The van der Waals surface area contributed by atoms with Crippen LogP contribution >= 0.6 is 0 Å². The molecule has 2 aromatic rings. The maximum Gasteiger partial charge on any atom is 0.340 e. The van der Waals surface area contributed by atoms with Gasteiger partial charge in [0.25, 0.3) is 5.91 Å². The second-order valence-electron chi connectivity index (χ2n) is 6.81. The third-order valence-corrected chi connectivity index (χ3v) is 8.93. The Bertz CT molecular complexity index is 1170. The summed E-state index contributed by atoms with van der Waals surface area (Å²) in [5, 5.41) is 1.65. The fourth-order valence-corrected chi connectivity index (χ4v) is 7.53. The van der Waals surface area contributed by atoms with Gasteiger partial charge in [0, 0.05) is 5.56 Å². The van der Waals surface area contributed by atoms with Gasteiger partial charge in [0.2, 0.25) is 0 Å². The zero-order chi connectivity index (χ0) is 21.9. The molecule has 160 valence electrons. The summed E-state index contributed by atoms with van der Waals surface area (Å²) in [6, 6.07) is 11.6. The number of para-hydroxylation sites is 1. The van der Waals surface area contributed by atoms with Gasteiger partial charge in [-0.3, -0.25) is 4.79 Å². The van der Waals surface area contributed by atoms with E-state index >= 15 is 0 Å². The molecule has 1 aliphatic rings. The van der Waals surface area contributed by atoms with Crippen LogP contribution in [-0.4, -0.2) is 52.1 Å². The second-order valence-corrected chi connectivity index (χ2v) is 11.3. The molecule has 0 radical (unpaired) electrons. The maximum absolute atomic E-state index is 12.7. The van der Waals surface area contributed by atoms with Gasteiger partial charge in [0.1, 0.15) is 0 Å². The monoisotopic (exact) mass is 451 g/mol. The molecule has 8 nitrogen and oxygen atoms in total. The molecule has 10 heteroatoms. The van der Waals surface area contributed by atoms with Gasteiger partial charge in [-0.15, -0.1) is 0 Å². The van der Waals surface area contributed by atoms with Gasteiger partial charge in [0.15, 0.2) is 19.7 Å². The van der Waals surface area contributed by atoms with Crippen molar-refractivity contribution >= 4 is 37.2 Å². The van der Waals surface area contributed by atoms with Gasteiger partial charge in [-0.25, -0.2) is 21.6 Å². The molecule has 1 unspecified atom stereocenters. The summed E-state index contributed by atoms with van der Waals surface area (Å²) in [5.74, 6) is -1.63. The number of anilines is 1. The van der Waals surface area contributed by atoms with Crippen LogP contribution in [-0.2, 0) is 24.4 Å². The van der Waals surface area contributed by atoms with Crippen molar-refractivity contribution < 1.29 is 31.2 Å². The average Bonchev–Trinajstić information content (AvgIpc) is 3.09. The Morgan fingerprint density at radius 2 is 1.77 bits per heavy atom. The highest BCUT2D eigenvalue weighted by molar-refractivity contribution is 7.96. The Balaban J connectivity index is 1.78. The largest absolute Gasteiger partial charge is 0.462 e. The first kappa shape index (κ1) is 22.0. The number of rotatable bonds is 6. The number of sulfone groups is 2. The van der Waals surface area contributed by atoms with Gasteiger partial charge >= 0.3 is 5.97 Å². The summed E-state index contributed by atoms with van der Waals surface area (Å²) in [5.41, 5.74) is 0.662. The Hall–Kier alpha value is -2.72. The predicted octanol–water partition coefficient (Wildman–Crippen LogP) is 2.08. The van der Waals surface area contributed by atoms with Crippen LogP contribution < -0.4 is 5.32 Å². The molecule has 3 rings (SSSR count). The van der Waals surface area contributed by atoms with E-state index in [9.17, 15) is 26.4 Å². The Labute approximate surface area is 175 Å². The predicted molar refractivity (Wildman–Crippen MR) is 111 cm³/mol. The fourth-order valence-electron chi connectivity index (χ4n) is 3.17. The lowest BCUT2D eigenvalue weighted by Gasteiger charge is -2.12. The minimum atomic E-state index is -3.81. The first-order valence-corrected chi connectivity index (χ1v) is 12.6. The molecule has 1 saturated heterocycles. The summed E-state index contributed by atoms with van der Waals surface area (Å²) >= 11 is 0. The molecule has 1 heterocycles. The summed E-state index contributed by atoms with van der Waals surface area (Å²) < 4.78 is 53.5. The first-order valence-electron chi connectivity index (χ1n) is 9.26. The molecular weight excluding hydrogens is 430 g/mol. The van der Waals surface area contributed by atoms with Crippen LogP contribution in [0.5, 0.6) is 0 Å². The van der Waals surface area contributed by atoms with Crippen LogP contribution in [0.15, 0.2) is 53.4 Å². The lowest BCUT2D eigenvalue weighted by atomic mass is 10.1. The van der Waals surface area contributed by atoms with E-state index in [0.29, 0.717) is 0 Å². The van der Waals surface area contributed by atoms with Crippen molar-refractivity contribution in [1.82, 2.24) is 0 Å². The Morgan fingerprint density at radius 3 is 2.37 bits per heavy atom. The fraction of sp³-hybridized carbons (Fsp3) is 0.300. The van der Waals surface area contributed by atoms with Crippen LogP contribution in [0.1, 0.15) is 34.1 Å². The number of nitrogens with one attached hydrogen (secondary N) is 1. The molecule has 0 aromatic heterocycles. The number of carbonyl (C=O) groups excluding carboxylic acids is 2. The molecule has 1 fully saturated rings. The highest BCUT2D eigenvalue weighted by Crippen LogP contribution is 2.26. The topological polar surface area (TPSA) is 124 Å². The zero-order valence-corrected chi connectivity index (χ0v) is 17.8. The lowest BCUT2D eigenvalue weighted by Crippen LogP contribution is -2.23. The van der Waals surface area contributed by atoms with Crippen molar-refractivity contribution in [3.05, 3.63) is 59.7 Å². The number of amides is 1. The van der Waals surface area contributed by atoms with Gasteiger partial charge < -0.3 is 10.1 Å². The third-order valence-electron chi connectivity index (χ3n) is 4.75. The van der Waals surface area contributed by atoms with Gasteiger partial charge in [-0.1, -0.05) is 12.1 Å². The number of hydrogen-bond acceptors (Lipinski definition) is 7. The van der Waals surface area contributed by atoms with E-state index in [1.807, 2.05) is 0 Å². The van der Waals surface area contributed by atoms with Crippen LogP contribution in [0.25, 0.3) is 0 Å². The van der Waals surface area contributed by atoms with Gasteiger partial charge in [-0.05, 0) is 49.7 Å².